The number of methoxy groups -OCH3 is 1. The smallest absolute Gasteiger partial charge is 0.338 e. The number of carbonyl (C=O) groups is 4. The van der Waals surface area contributed by atoms with Gasteiger partial charge >= 0.3 is 5.97 Å². The van der Waals surface area contributed by atoms with Crippen molar-refractivity contribution in [1.29, 1.82) is 0 Å². The molecule has 0 saturated carbocycles. The molecule has 2 aliphatic rings. The molecule has 2 heterocycles. The van der Waals surface area contributed by atoms with E-state index in [-0.39, 0.29) is 29.5 Å². The van der Waals surface area contributed by atoms with E-state index in [4.69, 9.17) is 21.7 Å². The third-order valence-electron chi connectivity index (χ3n) is 6.76. The number of nitrogens with zero attached hydrogens (tertiary/aromatic N) is 2. The van der Waals surface area contributed by atoms with Gasteiger partial charge in [-0.2, -0.15) is 0 Å². The van der Waals surface area contributed by atoms with Gasteiger partial charge in [0.25, 0.3) is 11.8 Å². The normalized spacial score (nSPS) is 16.1. The average molecular weight is 602 g/mol. The van der Waals surface area contributed by atoms with E-state index in [1.54, 1.807) is 62.6 Å². The van der Waals surface area contributed by atoms with Crippen molar-refractivity contribution >= 4 is 68.9 Å². The molecular formula is C31H27N3O6S2. The lowest BCUT2D eigenvalue weighted by Crippen LogP contribution is -2.35. The Morgan fingerprint density at radius 2 is 1.64 bits per heavy atom. The number of ether oxygens (including phenoxy) is 2. The number of anilines is 2. The maximum Gasteiger partial charge on any atom is 0.338 e. The summed E-state index contributed by atoms with van der Waals surface area (Å²) in [4.78, 5) is 55.2. The van der Waals surface area contributed by atoms with E-state index in [2.05, 4.69) is 5.32 Å². The van der Waals surface area contributed by atoms with Gasteiger partial charge in [-0.05, 0) is 61.4 Å². The zero-order valence-corrected chi connectivity index (χ0v) is 24.6. The summed E-state index contributed by atoms with van der Waals surface area (Å²) in [5.74, 6) is -0.911. The van der Waals surface area contributed by atoms with Crippen LogP contribution in [0.5, 0.6) is 5.75 Å². The lowest BCUT2D eigenvalue weighted by atomic mass is 10.1. The molecule has 0 bridgehead atoms. The average Bonchev–Trinajstić information content (AvgIpc) is 3.43. The molecule has 0 spiro atoms. The fraction of sp³-hybridized carbons (Fsp3) is 0.194. The van der Waals surface area contributed by atoms with Crippen LogP contribution in [0.4, 0.5) is 11.4 Å². The molecule has 0 unspecified atom stereocenters. The first kappa shape index (κ1) is 29.0. The molecule has 3 amide bonds. The molecule has 1 fully saturated rings. The lowest BCUT2D eigenvalue weighted by Gasteiger charge is -2.17. The first-order valence-corrected chi connectivity index (χ1v) is 14.4. The third kappa shape index (κ3) is 5.93. The van der Waals surface area contributed by atoms with Crippen LogP contribution in [0, 0.1) is 0 Å². The number of hydrogen-bond acceptors (Lipinski definition) is 8. The highest BCUT2D eigenvalue weighted by molar-refractivity contribution is 8.26. The highest BCUT2D eigenvalue weighted by Crippen LogP contribution is 2.44. The van der Waals surface area contributed by atoms with Crippen LogP contribution in [-0.2, 0) is 25.5 Å². The summed E-state index contributed by atoms with van der Waals surface area (Å²) in [6, 6.07) is 20.9. The largest absolute Gasteiger partial charge is 0.497 e. The topological polar surface area (TPSA) is 105 Å². The quantitative estimate of drug-likeness (QED) is 0.214. The van der Waals surface area contributed by atoms with Crippen molar-refractivity contribution < 1.29 is 28.7 Å². The number of benzene rings is 3. The van der Waals surface area contributed by atoms with Crippen molar-refractivity contribution in [2.24, 2.45) is 0 Å². The number of carbonyl (C=O) groups excluding carboxylic acids is 4. The summed E-state index contributed by atoms with van der Waals surface area (Å²) in [5.41, 5.74) is 3.20. The van der Waals surface area contributed by atoms with Gasteiger partial charge in [-0.15, -0.1) is 0 Å². The van der Waals surface area contributed by atoms with Gasteiger partial charge in [-0.1, -0.05) is 54.3 Å². The SMILES string of the molecule is CCOC(=O)c1ccc(NC(=O)CN2C(=O)C(=C3SC(=S)N(CCc4ccc(OC)cc4)C3=O)c3ccccc32)cc1. The second-order valence-corrected chi connectivity index (χ2v) is 11.0. The number of fused-ring (bicyclic) bond motifs is 1. The number of nitrogens with one attached hydrogen (secondary N) is 1. The Kier molecular flexibility index (Phi) is 8.69. The molecular weight excluding hydrogens is 574 g/mol. The number of rotatable bonds is 9. The number of thiocarbonyl (C=S) groups is 1. The Balaban J connectivity index is 1.31. The van der Waals surface area contributed by atoms with Crippen molar-refractivity contribution in [1.82, 2.24) is 4.90 Å². The van der Waals surface area contributed by atoms with Gasteiger partial charge in [0, 0.05) is 17.8 Å². The van der Waals surface area contributed by atoms with Gasteiger partial charge in [0.1, 0.15) is 16.6 Å². The van der Waals surface area contributed by atoms with E-state index in [1.165, 1.54) is 9.80 Å². The van der Waals surface area contributed by atoms with E-state index in [9.17, 15) is 19.2 Å². The molecule has 42 heavy (non-hydrogen) atoms. The zero-order valence-electron chi connectivity index (χ0n) is 22.9. The van der Waals surface area contributed by atoms with Crippen LogP contribution in [0.2, 0.25) is 0 Å². The summed E-state index contributed by atoms with van der Waals surface area (Å²) < 4.78 is 10.6. The number of para-hydroxylation sites is 1. The van der Waals surface area contributed by atoms with Crippen LogP contribution in [0.3, 0.4) is 0 Å². The molecule has 0 radical (unpaired) electrons. The first-order valence-electron chi connectivity index (χ1n) is 13.2. The van der Waals surface area contributed by atoms with Crippen molar-refractivity contribution in [2.75, 3.05) is 37.0 Å². The molecule has 5 rings (SSSR count). The molecule has 1 saturated heterocycles. The minimum Gasteiger partial charge on any atom is -0.497 e. The third-order valence-corrected chi connectivity index (χ3v) is 8.21. The van der Waals surface area contributed by atoms with Crippen molar-refractivity contribution in [2.45, 2.75) is 13.3 Å². The number of thioether (sulfide) groups is 1. The molecule has 3 aromatic carbocycles. The Hall–Kier alpha value is -4.48. The molecule has 0 aliphatic carbocycles. The van der Waals surface area contributed by atoms with E-state index >= 15 is 0 Å². The summed E-state index contributed by atoms with van der Waals surface area (Å²) in [5, 5.41) is 2.76. The van der Waals surface area contributed by atoms with Crippen LogP contribution in [0.1, 0.15) is 28.4 Å². The summed E-state index contributed by atoms with van der Waals surface area (Å²) in [6.45, 7) is 2.08. The second-order valence-electron chi connectivity index (χ2n) is 9.38. The van der Waals surface area contributed by atoms with Gasteiger partial charge < -0.3 is 14.8 Å². The molecule has 11 heteroatoms. The van der Waals surface area contributed by atoms with Crippen LogP contribution < -0.4 is 15.0 Å². The number of amides is 3. The standard InChI is InChI=1S/C31H27N3O6S2/c1-3-40-30(38)20-10-12-21(13-11-20)32-25(35)18-34-24-7-5-4-6-23(24)26(28(34)36)27-29(37)33(31(41)42-27)17-16-19-8-14-22(39-2)15-9-19/h4-15H,3,16-18H2,1-2H3,(H,32,35). The Bertz CT molecular complexity index is 1600. The summed E-state index contributed by atoms with van der Waals surface area (Å²) >= 11 is 6.63. The number of esters is 1. The predicted octanol–water partition coefficient (Wildman–Crippen LogP) is 4.67. The maximum atomic E-state index is 13.7. The van der Waals surface area contributed by atoms with Gasteiger partial charge in [0.05, 0.1) is 35.4 Å². The zero-order chi connectivity index (χ0) is 29.8. The van der Waals surface area contributed by atoms with Crippen molar-refractivity contribution in [3.05, 3.63) is 94.4 Å². The van der Waals surface area contributed by atoms with Crippen LogP contribution in [-0.4, -0.2) is 59.7 Å². The summed E-state index contributed by atoms with van der Waals surface area (Å²) in [7, 11) is 1.60. The Labute approximate surface area is 252 Å². The van der Waals surface area contributed by atoms with E-state index in [1.807, 2.05) is 24.3 Å². The van der Waals surface area contributed by atoms with E-state index in [0.29, 0.717) is 39.8 Å². The van der Waals surface area contributed by atoms with Crippen molar-refractivity contribution in [3.8, 4) is 5.75 Å². The Morgan fingerprint density at radius 1 is 0.929 bits per heavy atom. The van der Waals surface area contributed by atoms with Gasteiger partial charge in [0.2, 0.25) is 5.91 Å². The predicted molar refractivity (Wildman–Crippen MR) is 165 cm³/mol. The number of hydrogen-bond donors (Lipinski definition) is 1. The van der Waals surface area contributed by atoms with Crippen LogP contribution in [0.25, 0.3) is 5.57 Å². The highest BCUT2D eigenvalue weighted by Gasteiger charge is 2.42. The monoisotopic (exact) mass is 601 g/mol. The highest BCUT2D eigenvalue weighted by atomic mass is 32.2. The van der Waals surface area contributed by atoms with E-state index < -0.39 is 17.8 Å². The van der Waals surface area contributed by atoms with Crippen LogP contribution >= 0.6 is 24.0 Å². The molecule has 0 atom stereocenters. The Morgan fingerprint density at radius 3 is 2.33 bits per heavy atom. The molecule has 9 nitrogen and oxygen atoms in total. The molecule has 214 valence electrons. The first-order chi connectivity index (χ1) is 20.3. The van der Waals surface area contributed by atoms with Gasteiger partial charge in [0.15, 0.2) is 0 Å². The van der Waals surface area contributed by atoms with Gasteiger partial charge in [-0.25, -0.2) is 4.79 Å². The molecule has 1 N–H and O–H groups in total. The lowest BCUT2D eigenvalue weighted by molar-refractivity contribution is -0.122. The second kappa shape index (κ2) is 12.6. The molecule has 2 aliphatic heterocycles. The fourth-order valence-electron chi connectivity index (χ4n) is 4.68. The van der Waals surface area contributed by atoms with Crippen LogP contribution in [0.15, 0.2) is 77.7 Å². The minimum atomic E-state index is -0.451. The summed E-state index contributed by atoms with van der Waals surface area (Å²) in [6.07, 6.45) is 0.580. The fourth-order valence-corrected chi connectivity index (χ4v) is 6.06. The molecule has 3 aromatic rings. The molecule has 0 aromatic heterocycles. The van der Waals surface area contributed by atoms with Gasteiger partial charge in [-0.3, -0.25) is 24.2 Å². The van der Waals surface area contributed by atoms with E-state index in [0.717, 1.165) is 23.1 Å². The maximum absolute atomic E-state index is 13.7. The minimum absolute atomic E-state index is 0.237. The van der Waals surface area contributed by atoms with Crippen molar-refractivity contribution in [3.63, 3.8) is 0 Å².